The van der Waals surface area contributed by atoms with Gasteiger partial charge in [-0.3, -0.25) is 9.59 Å². The monoisotopic (exact) mass is 470 g/mol. The molecular weight excluding hydrogens is 451 g/mol. The first-order chi connectivity index (χ1) is 14.5. The molecule has 0 aromatic heterocycles. The van der Waals surface area contributed by atoms with E-state index in [0.717, 1.165) is 10.0 Å². The minimum absolute atomic E-state index is 0.0728. The number of benzene rings is 3. The first-order valence-corrected chi connectivity index (χ1v) is 10.00. The van der Waals surface area contributed by atoms with Crippen LogP contribution in [-0.4, -0.2) is 30.4 Å². The molecule has 2 amide bonds. The molecule has 0 aliphatic rings. The number of amides is 2. The summed E-state index contributed by atoms with van der Waals surface area (Å²) in [6.07, 6.45) is 0. The highest BCUT2D eigenvalue weighted by Gasteiger charge is 2.18. The number of hydrogen-bond acceptors (Lipinski definition) is 3. The molecule has 0 saturated heterocycles. The van der Waals surface area contributed by atoms with Crippen molar-refractivity contribution in [1.82, 2.24) is 4.90 Å². The molecule has 1 N–H and O–H groups in total. The van der Waals surface area contributed by atoms with Crippen LogP contribution in [0, 0.1) is 5.82 Å². The van der Waals surface area contributed by atoms with Crippen molar-refractivity contribution in [3.63, 3.8) is 0 Å². The predicted octanol–water partition coefficient (Wildman–Crippen LogP) is 4.88. The van der Waals surface area contributed by atoms with E-state index in [9.17, 15) is 14.0 Å². The molecule has 0 heterocycles. The molecule has 0 aliphatic heterocycles. The van der Waals surface area contributed by atoms with E-state index >= 15 is 0 Å². The van der Waals surface area contributed by atoms with Crippen molar-refractivity contribution >= 4 is 33.4 Å². The fourth-order valence-electron chi connectivity index (χ4n) is 2.82. The number of ether oxygens (including phenoxy) is 1. The lowest BCUT2D eigenvalue weighted by atomic mass is 10.1. The van der Waals surface area contributed by atoms with Gasteiger partial charge in [-0.05, 0) is 35.9 Å². The van der Waals surface area contributed by atoms with Gasteiger partial charge in [-0.2, -0.15) is 0 Å². The van der Waals surface area contributed by atoms with E-state index in [-0.39, 0.29) is 24.0 Å². The summed E-state index contributed by atoms with van der Waals surface area (Å²) < 4.78 is 20.2. The summed E-state index contributed by atoms with van der Waals surface area (Å²) in [5, 5.41) is 2.45. The molecule has 0 fully saturated rings. The Morgan fingerprint density at radius 1 is 1.00 bits per heavy atom. The summed E-state index contributed by atoms with van der Waals surface area (Å²) in [7, 11) is 1.70. The van der Waals surface area contributed by atoms with Gasteiger partial charge >= 0.3 is 0 Å². The van der Waals surface area contributed by atoms with Gasteiger partial charge in [0.15, 0.2) is 6.61 Å². The van der Waals surface area contributed by atoms with E-state index in [2.05, 4.69) is 21.2 Å². The Kier molecular flexibility index (Phi) is 7.19. The third-order valence-electron chi connectivity index (χ3n) is 4.34. The third-order valence-corrected chi connectivity index (χ3v) is 5.11. The SMILES string of the molecule is CN(Cc1ccccc1Br)C(=O)c1ccccc1OCC(=O)Nc1ccccc1F. The number of nitrogens with one attached hydrogen (secondary N) is 1. The molecule has 5 nitrogen and oxygen atoms in total. The van der Waals surface area contributed by atoms with Crippen molar-refractivity contribution < 1.29 is 18.7 Å². The predicted molar refractivity (Wildman–Crippen MR) is 117 cm³/mol. The van der Waals surface area contributed by atoms with Crippen LogP contribution in [0.4, 0.5) is 10.1 Å². The topological polar surface area (TPSA) is 58.6 Å². The maximum Gasteiger partial charge on any atom is 0.262 e. The lowest BCUT2D eigenvalue weighted by molar-refractivity contribution is -0.118. The van der Waals surface area contributed by atoms with Crippen LogP contribution in [-0.2, 0) is 11.3 Å². The second kappa shape index (κ2) is 10.0. The fraction of sp³-hybridized carbons (Fsp3) is 0.130. The average molecular weight is 471 g/mol. The van der Waals surface area contributed by atoms with Crippen LogP contribution in [0.3, 0.4) is 0 Å². The van der Waals surface area contributed by atoms with Crippen molar-refractivity contribution in [3.05, 3.63) is 94.2 Å². The Hall–Kier alpha value is -3.19. The van der Waals surface area contributed by atoms with E-state index in [1.807, 2.05) is 24.3 Å². The molecular formula is C23H20BrFN2O3. The molecule has 0 saturated carbocycles. The number of carbonyl (C=O) groups excluding carboxylic acids is 2. The normalized spacial score (nSPS) is 10.4. The molecule has 3 aromatic carbocycles. The maximum atomic E-state index is 13.7. The molecule has 3 aromatic rings. The molecule has 7 heteroatoms. The molecule has 3 rings (SSSR count). The van der Waals surface area contributed by atoms with E-state index in [1.165, 1.54) is 18.2 Å². The fourth-order valence-corrected chi connectivity index (χ4v) is 3.23. The first-order valence-electron chi connectivity index (χ1n) is 9.21. The lowest BCUT2D eigenvalue weighted by Crippen LogP contribution is -2.27. The second-order valence-corrected chi connectivity index (χ2v) is 7.42. The molecule has 0 radical (unpaired) electrons. The average Bonchev–Trinajstić information content (AvgIpc) is 2.75. The second-order valence-electron chi connectivity index (χ2n) is 6.57. The van der Waals surface area contributed by atoms with Crippen LogP contribution in [0.15, 0.2) is 77.3 Å². The number of para-hydroxylation sites is 2. The van der Waals surface area contributed by atoms with E-state index < -0.39 is 11.7 Å². The minimum Gasteiger partial charge on any atom is -0.483 e. The quantitative estimate of drug-likeness (QED) is 0.535. The van der Waals surface area contributed by atoms with Crippen molar-refractivity contribution in [1.29, 1.82) is 0 Å². The van der Waals surface area contributed by atoms with E-state index in [4.69, 9.17) is 4.74 Å². The number of anilines is 1. The van der Waals surface area contributed by atoms with E-state index in [0.29, 0.717) is 12.1 Å². The van der Waals surface area contributed by atoms with Gasteiger partial charge in [-0.1, -0.05) is 58.4 Å². The highest BCUT2D eigenvalue weighted by Crippen LogP contribution is 2.22. The van der Waals surface area contributed by atoms with Gasteiger partial charge in [0.25, 0.3) is 11.8 Å². The van der Waals surface area contributed by atoms with Gasteiger partial charge in [0.1, 0.15) is 11.6 Å². The molecule has 0 atom stereocenters. The number of halogens is 2. The van der Waals surface area contributed by atoms with Gasteiger partial charge in [0.2, 0.25) is 0 Å². The van der Waals surface area contributed by atoms with Crippen molar-refractivity contribution in [2.45, 2.75) is 6.54 Å². The van der Waals surface area contributed by atoms with Crippen molar-refractivity contribution in [2.75, 3.05) is 19.0 Å². The lowest BCUT2D eigenvalue weighted by Gasteiger charge is -2.20. The van der Waals surface area contributed by atoms with Crippen LogP contribution in [0.5, 0.6) is 5.75 Å². The van der Waals surface area contributed by atoms with Gasteiger partial charge in [-0.25, -0.2) is 4.39 Å². The Bertz CT molecular complexity index is 1060. The molecule has 30 heavy (non-hydrogen) atoms. The summed E-state index contributed by atoms with van der Waals surface area (Å²) in [6.45, 7) is 0.0505. The molecule has 154 valence electrons. The van der Waals surface area contributed by atoms with Gasteiger partial charge in [0.05, 0.1) is 11.3 Å². The van der Waals surface area contributed by atoms with Gasteiger partial charge < -0.3 is 15.0 Å². The number of rotatable bonds is 7. The van der Waals surface area contributed by atoms with Crippen LogP contribution in [0.25, 0.3) is 0 Å². The molecule has 0 spiro atoms. The molecule has 0 aliphatic carbocycles. The Balaban J connectivity index is 1.66. The number of hydrogen-bond donors (Lipinski definition) is 1. The highest BCUT2D eigenvalue weighted by atomic mass is 79.9. The van der Waals surface area contributed by atoms with Crippen LogP contribution < -0.4 is 10.1 Å². The van der Waals surface area contributed by atoms with Gasteiger partial charge in [-0.15, -0.1) is 0 Å². The standard InChI is InChI=1S/C23H20BrFN2O3/c1-27(14-16-8-2-4-10-18(16)24)23(29)17-9-3-7-13-21(17)30-15-22(28)26-20-12-6-5-11-19(20)25/h2-13H,14-15H2,1H3,(H,26,28). The summed E-state index contributed by atoms with van der Waals surface area (Å²) in [6, 6.07) is 20.2. The number of carbonyl (C=O) groups is 2. The highest BCUT2D eigenvalue weighted by molar-refractivity contribution is 9.10. The molecule has 0 unspecified atom stereocenters. The van der Waals surface area contributed by atoms with Gasteiger partial charge in [0, 0.05) is 18.1 Å². The largest absolute Gasteiger partial charge is 0.483 e. The van der Waals surface area contributed by atoms with Crippen LogP contribution >= 0.6 is 15.9 Å². The zero-order valence-corrected chi connectivity index (χ0v) is 17.9. The Labute approximate surface area is 182 Å². The Morgan fingerprint density at radius 3 is 2.43 bits per heavy atom. The van der Waals surface area contributed by atoms with E-state index in [1.54, 1.807) is 42.3 Å². The van der Waals surface area contributed by atoms with Crippen LogP contribution in [0.2, 0.25) is 0 Å². The third kappa shape index (κ3) is 5.45. The summed E-state index contributed by atoms with van der Waals surface area (Å²) >= 11 is 3.48. The Morgan fingerprint density at radius 2 is 1.67 bits per heavy atom. The van der Waals surface area contributed by atoms with Crippen LogP contribution in [0.1, 0.15) is 15.9 Å². The maximum absolute atomic E-state index is 13.7. The van der Waals surface area contributed by atoms with Crippen molar-refractivity contribution in [2.24, 2.45) is 0 Å². The zero-order valence-electron chi connectivity index (χ0n) is 16.3. The van der Waals surface area contributed by atoms with Crippen molar-refractivity contribution in [3.8, 4) is 5.75 Å². The summed E-state index contributed by atoms with van der Waals surface area (Å²) in [5.74, 6) is -1.01. The summed E-state index contributed by atoms with van der Waals surface area (Å²) in [4.78, 5) is 26.6. The smallest absolute Gasteiger partial charge is 0.262 e. The minimum atomic E-state index is -0.532. The summed E-state index contributed by atoms with van der Waals surface area (Å²) in [5.41, 5.74) is 1.38. The molecule has 0 bridgehead atoms. The first kappa shape index (κ1) is 21.5. The number of nitrogens with zero attached hydrogens (tertiary/aromatic N) is 1. The zero-order chi connectivity index (χ0) is 21.5.